The third-order valence-corrected chi connectivity index (χ3v) is 2.87. The predicted octanol–water partition coefficient (Wildman–Crippen LogP) is 2.84. The molecule has 0 aliphatic rings. The molecule has 3 N–H and O–H groups in total. The highest BCUT2D eigenvalue weighted by Gasteiger charge is 2.14. The van der Waals surface area contributed by atoms with E-state index in [1.807, 2.05) is 6.07 Å². The van der Waals surface area contributed by atoms with E-state index in [0.717, 1.165) is 0 Å². The van der Waals surface area contributed by atoms with E-state index >= 15 is 0 Å². The van der Waals surface area contributed by atoms with Crippen LogP contribution in [0, 0.1) is 24.1 Å². The maximum absolute atomic E-state index is 13.8. The number of benzene rings is 2. The van der Waals surface area contributed by atoms with E-state index in [1.54, 1.807) is 19.1 Å². The maximum atomic E-state index is 13.8. The van der Waals surface area contributed by atoms with Gasteiger partial charge in [-0.05, 0) is 36.8 Å². The number of nitrogens with one attached hydrogen (secondary N) is 1. The predicted molar refractivity (Wildman–Crippen MR) is 74.7 cm³/mol. The first-order chi connectivity index (χ1) is 9.52. The van der Waals surface area contributed by atoms with Crippen molar-refractivity contribution < 1.29 is 9.18 Å². The monoisotopic (exact) mass is 269 g/mol. The van der Waals surface area contributed by atoms with Gasteiger partial charge in [0.15, 0.2) is 0 Å². The number of halogens is 1. The molecule has 0 bridgehead atoms. The normalized spacial score (nSPS) is 9.85. The molecule has 0 spiro atoms. The minimum absolute atomic E-state index is 0.0474. The van der Waals surface area contributed by atoms with Gasteiger partial charge in [-0.25, -0.2) is 4.39 Å². The van der Waals surface area contributed by atoms with E-state index in [-0.39, 0.29) is 11.3 Å². The van der Waals surface area contributed by atoms with Crippen molar-refractivity contribution in [1.29, 1.82) is 5.26 Å². The molecule has 0 radical (unpaired) electrons. The number of hydrogen-bond donors (Lipinski definition) is 2. The molecule has 4 nitrogen and oxygen atoms in total. The molecule has 0 aliphatic heterocycles. The first-order valence-electron chi connectivity index (χ1n) is 5.89. The van der Waals surface area contributed by atoms with Gasteiger partial charge in [-0.2, -0.15) is 5.26 Å². The van der Waals surface area contributed by atoms with Crippen LogP contribution in [0.2, 0.25) is 0 Å². The second kappa shape index (κ2) is 5.41. The zero-order chi connectivity index (χ0) is 14.7. The molecule has 0 fully saturated rings. The Kier molecular flexibility index (Phi) is 3.67. The minimum atomic E-state index is -0.581. The van der Waals surface area contributed by atoms with Crippen LogP contribution in [0.25, 0.3) is 0 Å². The van der Waals surface area contributed by atoms with E-state index in [4.69, 9.17) is 11.0 Å². The average molecular weight is 269 g/mol. The fourth-order valence-corrected chi connectivity index (χ4v) is 1.76. The first kappa shape index (κ1) is 13.6. The Morgan fingerprint density at radius 2 is 2.10 bits per heavy atom. The lowest BCUT2D eigenvalue weighted by molar-refractivity contribution is 0.102. The Hall–Kier alpha value is -2.87. The number of nitriles is 1. The van der Waals surface area contributed by atoms with Crippen LogP contribution in [0.1, 0.15) is 21.5 Å². The molecule has 0 unspecified atom stereocenters. The number of carbonyl (C=O) groups is 1. The van der Waals surface area contributed by atoms with Crippen molar-refractivity contribution in [3.63, 3.8) is 0 Å². The van der Waals surface area contributed by atoms with Gasteiger partial charge in [0.05, 0.1) is 28.6 Å². The Morgan fingerprint density at radius 1 is 1.35 bits per heavy atom. The summed E-state index contributed by atoms with van der Waals surface area (Å²) in [5, 5.41) is 11.3. The Balaban J connectivity index is 2.29. The van der Waals surface area contributed by atoms with Crippen LogP contribution in [0.5, 0.6) is 0 Å². The second-order valence-electron chi connectivity index (χ2n) is 4.30. The standard InChI is InChI=1S/C15H12FN3O/c1-9-3-2-4-11(14(9)16)15(20)19-13-6-5-10(8-17)7-12(13)18/h2-7H,18H2,1H3,(H,19,20). The quantitative estimate of drug-likeness (QED) is 0.823. The Labute approximate surface area is 115 Å². The molecule has 0 atom stereocenters. The molecule has 2 aromatic rings. The van der Waals surface area contributed by atoms with Crippen LogP contribution in [0.15, 0.2) is 36.4 Å². The highest BCUT2D eigenvalue weighted by molar-refractivity contribution is 6.06. The summed E-state index contributed by atoms with van der Waals surface area (Å²) in [6.07, 6.45) is 0. The van der Waals surface area contributed by atoms with Gasteiger partial charge in [-0.3, -0.25) is 4.79 Å². The fraction of sp³-hybridized carbons (Fsp3) is 0.0667. The van der Waals surface area contributed by atoms with Gasteiger partial charge in [-0.15, -0.1) is 0 Å². The molecule has 0 aliphatic carbocycles. The summed E-state index contributed by atoms with van der Waals surface area (Å²) < 4.78 is 13.8. The smallest absolute Gasteiger partial charge is 0.258 e. The van der Waals surface area contributed by atoms with E-state index in [2.05, 4.69) is 5.32 Å². The van der Waals surface area contributed by atoms with Crippen molar-refractivity contribution in [3.8, 4) is 6.07 Å². The van der Waals surface area contributed by atoms with Crippen molar-refractivity contribution in [2.45, 2.75) is 6.92 Å². The molecular formula is C15H12FN3O. The zero-order valence-corrected chi connectivity index (χ0v) is 10.8. The molecular weight excluding hydrogens is 257 g/mol. The number of aryl methyl sites for hydroxylation is 1. The van der Waals surface area contributed by atoms with Crippen LogP contribution in [-0.2, 0) is 0 Å². The summed E-state index contributed by atoms with van der Waals surface area (Å²) in [4.78, 5) is 12.0. The number of carbonyl (C=O) groups excluding carboxylic acids is 1. The second-order valence-corrected chi connectivity index (χ2v) is 4.30. The van der Waals surface area contributed by atoms with Gasteiger partial charge in [0, 0.05) is 0 Å². The summed E-state index contributed by atoms with van der Waals surface area (Å²) in [5.74, 6) is -1.14. The number of amides is 1. The topological polar surface area (TPSA) is 78.9 Å². The molecule has 5 heteroatoms. The fourth-order valence-electron chi connectivity index (χ4n) is 1.76. The zero-order valence-electron chi connectivity index (χ0n) is 10.8. The summed E-state index contributed by atoms with van der Waals surface area (Å²) in [7, 11) is 0. The third-order valence-electron chi connectivity index (χ3n) is 2.87. The molecule has 0 heterocycles. The molecule has 20 heavy (non-hydrogen) atoms. The maximum Gasteiger partial charge on any atom is 0.258 e. The van der Waals surface area contributed by atoms with E-state index in [9.17, 15) is 9.18 Å². The number of anilines is 2. The molecule has 2 rings (SSSR count). The van der Waals surface area contributed by atoms with Gasteiger partial charge < -0.3 is 11.1 Å². The van der Waals surface area contributed by atoms with E-state index < -0.39 is 11.7 Å². The SMILES string of the molecule is Cc1cccc(C(=O)Nc2ccc(C#N)cc2N)c1F. The van der Waals surface area contributed by atoms with Crippen LogP contribution < -0.4 is 11.1 Å². The summed E-state index contributed by atoms with van der Waals surface area (Å²) >= 11 is 0. The van der Waals surface area contributed by atoms with Gasteiger partial charge in [-0.1, -0.05) is 12.1 Å². The van der Waals surface area contributed by atoms with Crippen LogP contribution in [0.4, 0.5) is 15.8 Å². The Bertz CT molecular complexity index is 720. The average Bonchev–Trinajstić information content (AvgIpc) is 2.44. The van der Waals surface area contributed by atoms with Gasteiger partial charge in [0.25, 0.3) is 5.91 Å². The number of nitrogens with zero attached hydrogens (tertiary/aromatic N) is 1. The van der Waals surface area contributed by atoms with Crippen LogP contribution in [-0.4, -0.2) is 5.91 Å². The van der Waals surface area contributed by atoms with Crippen LogP contribution in [0.3, 0.4) is 0 Å². The summed E-state index contributed by atoms with van der Waals surface area (Å²) in [6.45, 7) is 1.59. The van der Waals surface area contributed by atoms with Crippen molar-refractivity contribution in [2.75, 3.05) is 11.1 Å². The van der Waals surface area contributed by atoms with Crippen molar-refractivity contribution in [2.24, 2.45) is 0 Å². The minimum Gasteiger partial charge on any atom is -0.397 e. The number of hydrogen-bond acceptors (Lipinski definition) is 3. The first-order valence-corrected chi connectivity index (χ1v) is 5.89. The van der Waals surface area contributed by atoms with Gasteiger partial charge >= 0.3 is 0 Å². The van der Waals surface area contributed by atoms with Gasteiger partial charge in [0.2, 0.25) is 0 Å². The summed E-state index contributed by atoms with van der Waals surface area (Å²) in [6, 6.07) is 11.0. The number of rotatable bonds is 2. The molecule has 100 valence electrons. The highest BCUT2D eigenvalue weighted by Crippen LogP contribution is 2.21. The number of nitrogens with two attached hydrogens (primary N) is 1. The molecule has 2 aromatic carbocycles. The summed E-state index contributed by atoms with van der Waals surface area (Å²) in [5.41, 5.74) is 7.07. The lowest BCUT2D eigenvalue weighted by Gasteiger charge is -2.09. The Morgan fingerprint density at radius 3 is 2.75 bits per heavy atom. The van der Waals surface area contributed by atoms with E-state index in [1.165, 1.54) is 24.3 Å². The third kappa shape index (κ3) is 2.59. The lowest BCUT2D eigenvalue weighted by Crippen LogP contribution is -2.15. The molecule has 0 saturated heterocycles. The van der Waals surface area contributed by atoms with Gasteiger partial charge in [0.1, 0.15) is 5.82 Å². The molecule has 0 aromatic heterocycles. The highest BCUT2D eigenvalue weighted by atomic mass is 19.1. The molecule has 0 saturated carbocycles. The number of nitrogen functional groups attached to an aromatic ring is 1. The lowest BCUT2D eigenvalue weighted by atomic mass is 10.1. The van der Waals surface area contributed by atoms with Crippen molar-refractivity contribution in [3.05, 3.63) is 58.9 Å². The van der Waals surface area contributed by atoms with Crippen molar-refractivity contribution in [1.82, 2.24) is 0 Å². The largest absolute Gasteiger partial charge is 0.397 e. The van der Waals surface area contributed by atoms with Crippen LogP contribution >= 0.6 is 0 Å². The van der Waals surface area contributed by atoms with Crippen molar-refractivity contribution >= 4 is 17.3 Å². The van der Waals surface area contributed by atoms with E-state index in [0.29, 0.717) is 16.8 Å². The molecule has 1 amide bonds.